The Hall–Kier alpha value is -2.70. The van der Waals surface area contributed by atoms with E-state index in [1.54, 1.807) is 18.4 Å². The average Bonchev–Trinajstić information content (AvgIpc) is 3.23. The maximum absolute atomic E-state index is 12.3. The van der Waals surface area contributed by atoms with Crippen molar-refractivity contribution in [3.8, 4) is 11.3 Å². The maximum atomic E-state index is 12.3. The highest BCUT2D eigenvalue weighted by Gasteiger charge is 2.12. The molecule has 26 heavy (non-hydrogen) atoms. The van der Waals surface area contributed by atoms with Crippen LogP contribution in [0.1, 0.15) is 16.8 Å². The molecule has 0 aliphatic carbocycles. The van der Waals surface area contributed by atoms with Gasteiger partial charge < -0.3 is 10.1 Å². The number of amides is 1. The summed E-state index contributed by atoms with van der Waals surface area (Å²) < 4.78 is 8.13. The van der Waals surface area contributed by atoms with Crippen LogP contribution in [0, 0.1) is 0 Å². The minimum absolute atomic E-state index is 0.0565. The fourth-order valence-electron chi connectivity index (χ4n) is 2.91. The maximum Gasteiger partial charge on any atom is 0.251 e. The first-order chi connectivity index (χ1) is 12.8. The molecule has 0 saturated carbocycles. The first-order valence-corrected chi connectivity index (χ1v) is 9.32. The van der Waals surface area contributed by atoms with Crippen LogP contribution in [0.4, 0.5) is 0 Å². The predicted molar refractivity (Wildman–Crippen MR) is 105 cm³/mol. The predicted octanol–water partition coefficient (Wildman–Crippen LogP) is 3.98. The standard InChI is InChI=1S/C20H19N3O2S/c1-25-11-5-10-21-19(24)15-8-9-17-18(12-15)26-20-22-16(13-23(17)20)14-6-3-2-4-7-14/h2-4,6-9,12-13H,5,10-11H2,1H3,(H,21,24). The van der Waals surface area contributed by atoms with E-state index < -0.39 is 0 Å². The summed E-state index contributed by atoms with van der Waals surface area (Å²) in [5, 5.41) is 2.92. The summed E-state index contributed by atoms with van der Waals surface area (Å²) in [6.07, 6.45) is 2.85. The van der Waals surface area contributed by atoms with Crippen LogP contribution < -0.4 is 5.32 Å². The van der Waals surface area contributed by atoms with Crippen molar-refractivity contribution in [1.29, 1.82) is 0 Å². The second kappa shape index (κ2) is 7.27. The summed E-state index contributed by atoms with van der Waals surface area (Å²) in [5.74, 6) is -0.0565. The van der Waals surface area contributed by atoms with E-state index >= 15 is 0 Å². The van der Waals surface area contributed by atoms with Gasteiger partial charge in [-0.2, -0.15) is 0 Å². The number of nitrogens with one attached hydrogen (secondary N) is 1. The summed E-state index contributed by atoms with van der Waals surface area (Å²) in [7, 11) is 1.66. The quantitative estimate of drug-likeness (QED) is 0.526. The van der Waals surface area contributed by atoms with Crippen LogP contribution in [-0.2, 0) is 4.74 Å². The highest BCUT2D eigenvalue weighted by atomic mass is 32.1. The number of hydrogen-bond acceptors (Lipinski definition) is 4. The van der Waals surface area contributed by atoms with Crippen molar-refractivity contribution in [2.75, 3.05) is 20.3 Å². The van der Waals surface area contributed by atoms with Crippen molar-refractivity contribution in [2.24, 2.45) is 0 Å². The number of imidazole rings is 1. The molecule has 0 radical (unpaired) electrons. The average molecular weight is 365 g/mol. The molecular formula is C20H19N3O2S. The summed E-state index contributed by atoms with van der Waals surface area (Å²) in [6, 6.07) is 15.9. The lowest BCUT2D eigenvalue weighted by atomic mass is 10.2. The second-order valence-corrected chi connectivity index (χ2v) is 7.04. The molecular weight excluding hydrogens is 346 g/mol. The monoisotopic (exact) mass is 365 g/mol. The molecule has 6 heteroatoms. The van der Waals surface area contributed by atoms with E-state index in [2.05, 4.69) is 21.9 Å². The third-order valence-corrected chi connectivity index (χ3v) is 5.25. The Bertz CT molecular complexity index is 1050. The number of methoxy groups -OCH3 is 1. The van der Waals surface area contributed by atoms with Crippen molar-refractivity contribution in [3.63, 3.8) is 0 Å². The molecule has 0 fully saturated rings. The number of thiazole rings is 1. The van der Waals surface area contributed by atoms with E-state index in [1.165, 1.54) is 0 Å². The van der Waals surface area contributed by atoms with Gasteiger partial charge in [0.05, 0.1) is 15.9 Å². The molecule has 4 rings (SSSR count). The second-order valence-electron chi connectivity index (χ2n) is 6.03. The zero-order valence-electron chi connectivity index (χ0n) is 14.4. The van der Waals surface area contributed by atoms with E-state index in [1.807, 2.05) is 42.6 Å². The van der Waals surface area contributed by atoms with Crippen LogP contribution in [0.2, 0.25) is 0 Å². The molecule has 0 aliphatic rings. The summed E-state index contributed by atoms with van der Waals surface area (Å²) in [5.41, 5.74) is 3.79. The van der Waals surface area contributed by atoms with Crippen LogP contribution in [0.15, 0.2) is 54.7 Å². The third kappa shape index (κ3) is 3.21. The zero-order valence-corrected chi connectivity index (χ0v) is 15.3. The Balaban J connectivity index is 1.60. The highest BCUT2D eigenvalue weighted by molar-refractivity contribution is 7.23. The van der Waals surface area contributed by atoms with Gasteiger partial charge in [-0.25, -0.2) is 4.98 Å². The van der Waals surface area contributed by atoms with Crippen LogP contribution in [-0.4, -0.2) is 35.6 Å². The molecule has 4 aromatic rings. The zero-order chi connectivity index (χ0) is 17.9. The molecule has 2 aromatic heterocycles. The first-order valence-electron chi connectivity index (χ1n) is 8.50. The van der Waals surface area contributed by atoms with Crippen molar-refractivity contribution in [3.05, 3.63) is 60.3 Å². The minimum atomic E-state index is -0.0565. The van der Waals surface area contributed by atoms with Crippen LogP contribution in [0.25, 0.3) is 26.4 Å². The molecule has 0 unspecified atom stereocenters. The van der Waals surface area contributed by atoms with E-state index in [4.69, 9.17) is 9.72 Å². The van der Waals surface area contributed by atoms with Crippen molar-refractivity contribution < 1.29 is 9.53 Å². The topological polar surface area (TPSA) is 55.6 Å². The summed E-state index contributed by atoms with van der Waals surface area (Å²) in [6.45, 7) is 1.25. The number of fused-ring (bicyclic) bond motifs is 3. The number of benzene rings is 2. The SMILES string of the molecule is COCCCNC(=O)c1ccc2c(c1)sc1nc(-c3ccccc3)cn12. The molecule has 1 N–H and O–H groups in total. The molecule has 5 nitrogen and oxygen atoms in total. The number of ether oxygens (including phenoxy) is 1. The van der Waals surface area contributed by atoms with Gasteiger partial charge in [-0.15, -0.1) is 0 Å². The molecule has 0 spiro atoms. The van der Waals surface area contributed by atoms with Gasteiger partial charge in [0.15, 0.2) is 4.96 Å². The molecule has 132 valence electrons. The molecule has 0 atom stereocenters. The number of carbonyl (C=O) groups is 1. The largest absolute Gasteiger partial charge is 0.385 e. The van der Waals surface area contributed by atoms with Gasteiger partial charge in [-0.1, -0.05) is 41.7 Å². The number of carbonyl (C=O) groups excluding carboxylic acids is 1. The Kier molecular flexibility index (Phi) is 4.69. The Morgan fingerprint density at radius 3 is 2.88 bits per heavy atom. The fraction of sp³-hybridized carbons (Fsp3) is 0.200. The van der Waals surface area contributed by atoms with Crippen molar-refractivity contribution in [2.45, 2.75) is 6.42 Å². The molecule has 1 amide bonds. The molecule has 2 aromatic carbocycles. The molecule has 0 saturated heterocycles. The molecule has 0 aliphatic heterocycles. The van der Waals surface area contributed by atoms with Crippen LogP contribution in [0.5, 0.6) is 0 Å². The van der Waals surface area contributed by atoms with Crippen molar-refractivity contribution in [1.82, 2.24) is 14.7 Å². The normalized spacial score (nSPS) is 11.3. The first kappa shape index (κ1) is 16.8. The molecule has 0 bridgehead atoms. The Morgan fingerprint density at radius 2 is 2.08 bits per heavy atom. The van der Waals surface area contributed by atoms with Gasteiger partial charge >= 0.3 is 0 Å². The Morgan fingerprint density at radius 1 is 1.23 bits per heavy atom. The minimum Gasteiger partial charge on any atom is -0.385 e. The van der Waals surface area contributed by atoms with E-state index in [9.17, 15) is 4.79 Å². The van der Waals surface area contributed by atoms with Gasteiger partial charge in [0, 0.05) is 37.6 Å². The number of rotatable bonds is 6. The van der Waals surface area contributed by atoms with E-state index in [0.29, 0.717) is 18.7 Å². The number of aromatic nitrogens is 2. The van der Waals surface area contributed by atoms with E-state index in [-0.39, 0.29) is 5.91 Å². The van der Waals surface area contributed by atoms with Crippen LogP contribution >= 0.6 is 11.3 Å². The van der Waals surface area contributed by atoms with Gasteiger partial charge in [-0.3, -0.25) is 9.20 Å². The lowest BCUT2D eigenvalue weighted by Gasteiger charge is -2.05. The van der Waals surface area contributed by atoms with Gasteiger partial charge in [0.25, 0.3) is 5.91 Å². The third-order valence-electron chi connectivity index (χ3n) is 4.24. The van der Waals surface area contributed by atoms with Crippen molar-refractivity contribution >= 4 is 32.4 Å². The summed E-state index contributed by atoms with van der Waals surface area (Å²) in [4.78, 5) is 17.9. The Labute approximate surface area is 155 Å². The van der Waals surface area contributed by atoms with Crippen LogP contribution in [0.3, 0.4) is 0 Å². The smallest absolute Gasteiger partial charge is 0.251 e. The fourth-order valence-corrected chi connectivity index (χ4v) is 3.96. The van der Waals surface area contributed by atoms with E-state index in [0.717, 1.165) is 32.9 Å². The molecule has 2 heterocycles. The number of nitrogens with zero attached hydrogens (tertiary/aromatic N) is 2. The van der Waals surface area contributed by atoms with Gasteiger partial charge in [-0.05, 0) is 24.6 Å². The number of hydrogen-bond donors (Lipinski definition) is 1. The van der Waals surface area contributed by atoms with Gasteiger partial charge in [0.2, 0.25) is 0 Å². The summed E-state index contributed by atoms with van der Waals surface area (Å²) >= 11 is 1.59. The lowest BCUT2D eigenvalue weighted by molar-refractivity contribution is 0.0949. The highest BCUT2D eigenvalue weighted by Crippen LogP contribution is 2.30. The van der Waals surface area contributed by atoms with Gasteiger partial charge in [0.1, 0.15) is 0 Å². The lowest BCUT2D eigenvalue weighted by Crippen LogP contribution is -2.25.